The van der Waals surface area contributed by atoms with Crippen molar-refractivity contribution in [2.24, 2.45) is 29.4 Å². The highest BCUT2D eigenvalue weighted by Gasteiger charge is 2.30. The average molecular weight is 594 g/mol. The van der Waals surface area contributed by atoms with Gasteiger partial charge < -0.3 is 35.7 Å². The summed E-state index contributed by atoms with van der Waals surface area (Å²) in [6.07, 6.45) is 3.22. The molecule has 5 N–H and O–H groups in total. The lowest BCUT2D eigenvalue weighted by Crippen LogP contribution is -2.45. The molecule has 1 aromatic heterocycles. The van der Waals surface area contributed by atoms with Gasteiger partial charge in [0, 0.05) is 64.6 Å². The fourth-order valence-electron chi connectivity index (χ4n) is 5.02. The molecule has 1 fully saturated rings. The Kier molecular flexibility index (Phi) is 16.9. The molecule has 2 rings (SSSR count). The van der Waals surface area contributed by atoms with E-state index in [1.807, 2.05) is 13.8 Å². The number of morpholine rings is 1. The third-order valence-electron chi connectivity index (χ3n) is 7.99. The summed E-state index contributed by atoms with van der Waals surface area (Å²) in [7, 11) is 1.67. The van der Waals surface area contributed by atoms with Crippen LogP contribution in [0.1, 0.15) is 63.9 Å². The lowest BCUT2D eigenvalue weighted by Gasteiger charge is -2.30. The minimum Gasteiger partial charge on any atom is -0.491 e. The molecule has 0 bridgehead atoms. The number of nitrogens with one attached hydrogen (secondary N) is 2. The van der Waals surface area contributed by atoms with Crippen molar-refractivity contribution in [3.05, 3.63) is 24.0 Å². The van der Waals surface area contributed by atoms with Gasteiger partial charge in [-0.2, -0.15) is 0 Å². The van der Waals surface area contributed by atoms with Crippen molar-refractivity contribution in [1.82, 2.24) is 20.5 Å². The number of aliphatic hydroxyl groups excluding tert-OH is 1. The van der Waals surface area contributed by atoms with Crippen LogP contribution in [0, 0.1) is 23.7 Å². The smallest absolute Gasteiger partial charge is 0.273 e. The van der Waals surface area contributed by atoms with Gasteiger partial charge in [-0.1, -0.05) is 27.7 Å². The van der Waals surface area contributed by atoms with Crippen molar-refractivity contribution in [3.63, 3.8) is 0 Å². The molecule has 1 aromatic rings. The Morgan fingerprint density at radius 3 is 2.48 bits per heavy atom. The van der Waals surface area contributed by atoms with Gasteiger partial charge >= 0.3 is 0 Å². The lowest BCUT2D eigenvalue weighted by atomic mass is 9.83. The average Bonchev–Trinajstić information content (AvgIpc) is 2.97. The standard InChI is InChI=1S/C31H55N5O6/c1-22(2)24(21-35-31(39)29-28(9-8-10-33-29)42-16-7-6-15-40-5)19-26(32)27(37)20-25(23(3)4)30(38)34-11-12-36-13-17-41-18-14-36/h8-10,22-27,37H,6-7,11-21,32H2,1-5H3,(H,34,38)(H,35,39). The minimum absolute atomic E-state index is 0.0283. The van der Waals surface area contributed by atoms with E-state index >= 15 is 0 Å². The van der Waals surface area contributed by atoms with Crippen LogP contribution in [0.4, 0.5) is 0 Å². The number of nitrogens with zero attached hydrogens (tertiary/aromatic N) is 2. The number of ether oxygens (including phenoxy) is 3. The number of carbonyl (C=O) groups excluding carboxylic acids is 2. The SMILES string of the molecule is COCCCCOc1cccnc1C(=O)NCC(CC(N)C(O)CC(C(=O)NCCN1CCOCC1)C(C)C)C(C)C. The summed E-state index contributed by atoms with van der Waals surface area (Å²) in [5, 5.41) is 17.1. The monoisotopic (exact) mass is 593 g/mol. The number of unbranched alkanes of at least 4 members (excludes halogenated alkanes) is 1. The second kappa shape index (κ2) is 19.8. The summed E-state index contributed by atoms with van der Waals surface area (Å²) in [6, 6.07) is 2.96. The molecule has 11 heteroatoms. The van der Waals surface area contributed by atoms with E-state index in [4.69, 9.17) is 19.9 Å². The van der Waals surface area contributed by atoms with Crippen molar-refractivity contribution in [2.75, 3.05) is 66.3 Å². The minimum atomic E-state index is -0.840. The molecule has 42 heavy (non-hydrogen) atoms. The van der Waals surface area contributed by atoms with E-state index in [0.717, 1.165) is 45.7 Å². The molecule has 11 nitrogen and oxygen atoms in total. The number of hydrogen-bond acceptors (Lipinski definition) is 9. The predicted octanol–water partition coefficient (Wildman–Crippen LogP) is 2.08. The maximum Gasteiger partial charge on any atom is 0.273 e. The van der Waals surface area contributed by atoms with E-state index in [-0.39, 0.29) is 41.2 Å². The second-order valence-corrected chi connectivity index (χ2v) is 11.9. The molecule has 1 saturated heterocycles. The van der Waals surface area contributed by atoms with Crippen molar-refractivity contribution in [2.45, 2.75) is 65.5 Å². The van der Waals surface area contributed by atoms with E-state index in [0.29, 0.717) is 44.9 Å². The highest BCUT2D eigenvalue weighted by molar-refractivity contribution is 5.94. The van der Waals surface area contributed by atoms with Gasteiger partial charge in [0.05, 0.1) is 25.9 Å². The van der Waals surface area contributed by atoms with Crippen molar-refractivity contribution >= 4 is 11.8 Å². The molecule has 2 heterocycles. The summed E-state index contributed by atoms with van der Waals surface area (Å²) in [6.45, 7) is 14.2. The van der Waals surface area contributed by atoms with Gasteiger partial charge in [0.2, 0.25) is 5.91 Å². The van der Waals surface area contributed by atoms with Crippen LogP contribution in [0.15, 0.2) is 18.3 Å². The van der Waals surface area contributed by atoms with E-state index in [2.05, 4.69) is 34.4 Å². The van der Waals surface area contributed by atoms with Crippen LogP contribution >= 0.6 is 0 Å². The molecular weight excluding hydrogens is 538 g/mol. The largest absolute Gasteiger partial charge is 0.491 e. The third kappa shape index (κ3) is 12.9. The molecule has 240 valence electrons. The quantitative estimate of drug-likeness (QED) is 0.167. The number of rotatable bonds is 20. The molecule has 0 spiro atoms. The van der Waals surface area contributed by atoms with E-state index < -0.39 is 12.1 Å². The maximum absolute atomic E-state index is 13.0. The zero-order valence-corrected chi connectivity index (χ0v) is 26.3. The molecule has 0 aliphatic carbocycles. The molecule has 0 aromatic carbocycles. The predicted molar refractivity (Wildman–Crippen MR) is 163 cm³/mol. The number of aromatic nitrogens is 1. The van der Waals surface area contributed by atoms with Crippen LogP contribution in [-0.4, -0.2) is 105 Å². The number of hydrogen-bond donors (Lipinski definition) is 4. The Hall–Kier alpha value is -2.31. The van der Waals surface area contributed by atoms with Crippen LogP contribution < -0.4 is 21.1 Å². The number of pyridine rings is 1. The van der Waals surface area contributed by atoms with Crippen LogP contribution in [0.5, 0.6) is 5.75 Å². The van der Waals surface area contributed by atoms with Crippen molar-refractivity contribution < 1.29 is 28.9 Å². The molecular formula is C31H55N5O6. The summed E-state index contributed by atoms with van der Waals surface area (Å²) in [5.74, 6) is 0.0488. The first-order valence-corrected chi connectivity index (χ1v) is 15.5. The Bertz CT molecular complexity index is 912. The van der Waals surface area contributed by atoms with Gasteiger partial charge in [0.1, 0.15) is 0 Å². The zero-order chi connectivity index (χ0) is 30.9. The molecule has 1 aliphatic rings. The van der Waals surface area contributed by atoms with Gasteiger partial charge in [-0.25, -0.2) is 4.98 Å². The second-order valence-electron chi connectivity index (χ2n) is 11.9. The summed E-state index contributed by atoms with van der Waals surface area (Å²) < 4.78 is 16.3. The maximum atomic E-state index is 13.0. The highest BCUT2D eigenvalue weighted by atomic mass is 16.5. The Morgan fingerprint density at radius 1 is 1.10 bits per heavy atom. The van der Waals surface area contributed by atoms with E-state index in [9.17, 15) is 14.7 Å². The number of nitrogens with two attached hydrogens (primary N) is 1. The first-order chi connectivity index (χ1) is 20.1. The van der Waals surface area contributed by atoms with Crippen LogP contribution in [0.3, 0.4) is 0 Å². The Balaban J connectivity index is 1.87. The fourth-order valence-corrected chi connectivity index (χ4v) is 5.02. The molecule has 1 aliphatic heterocycles. The van der Waals surface area contributed by atoms with Crippen LogP contribution in [0.25, 0.3) is 0 Å². The normalized spacial score (nSPS) is 17.1. The van der Waals surface area contributed by atoms with Gasteiger partial charge in [-0.15, -0.1) is 0 Å². The Labute approximate surface area is 252 Å². The summed E-state index contributed by atoms with van der Waals surface area (Å²) >= 11 is 0. The fraction of sp³-hybridized carbons (Fsp3) is 0.774. The van der Waals surface area contributed by atoms with Gasteiger partial charge in [-0.3, -0.25) is 14.5 Å². The van der Waals surface area contributed by atoms with Crippen LogP contribution in [0.2, 0.25) is 0 Å². The summed E-state index contributed by atoms with van der Waals surface area (Å²) in [4.78, 5) is 32.5. The first kappa shape index (κ1) is 35.9. The van der Waals surface area contributed by atoms with Gasteiger partial charge in [-0.05, 0) is 55.6 Å². The Morgan fingerprint density at radius 2 is 1.81 bits per heavy atom. The number of amides is 2. The lowest BCUT2D eigenvalue weighted by molar-refractivity contribution is -0.127. The van der Waals surface area contributed by atoms with Crippen molar-refractivity contribution in [3.8, 4) is 5.75 Å². The molecule has 4 atom stereocenters. The molecule has 4 unspecified atom stereocenters. The number of aliphatic hydroxyl groups is 1. The number of methoxy groups -OCH3 is 1. The first-order valence-electron chi connectivity index (χ1n) is 15.5. The van der Waals surface area contributed by atoms with Crippen molar-refractivity contribution in [1.29, 1.82) is 0 Å². The van der Waals surface area contributed by atoms with Crippen LogP contribution in [-0.2, 0) is 14.3 Å². The van der Waals surface area contributed by atoms with Gasteiger partial charge in [0.15, 0.2) is 11.4 Å². The number of carbonyl (C=O) groups is 2. The van der Waals surface area contributed by atoms with E-state index in [1.54, 1.807) is 25.4 Å². The molecule has 2 amide bonds. The third-order valence-corrected chi connectivity index (χ3v) is 7.99. The highest BCUT2D eigenvalue weighted by Crippen LogP contribution is 2.23. The molecule has 0 radical (unpaired) electrons. The van der Waals surface area contributed by atoms with E-state index in [1.165, 1.54) is 0 Å². The topological polar surface area (TPSA) is 148 Å². The molecule has 0 saturated carbocycles. The van der Waals surface area contributed by atoms with Gasteiger partial charge in [0.25, 0.3) is 5.91 Å². The zero-order valence-electron chi connectivity index (χ0n) is 26.3. The summed E-state index contributed by atoms with van der Waals surface area (Å²) in [5.41, 5.74) is 6.72.